The zero-order chi connectivity index (χ0) is 30.5. The number of methoxy groups -OCH3 is 1. The van der Waals surface area contributed by atoms with E-state index >= 15 is 0 Å². The van der Waals surface area contributed by atoms with Gasteiger partial charge in [0.25, 0.3) is 11.8 Å². The molecular formula is C34H29ClN4O4. The molecule has 0 aliphatic carbocycles. The molecule has 5 rings (SSSR count). The molecule has 2 amide bonds. The van der Waals surface area contributed by atoms with Crippen LogP contribution in [-0.4, -0.2) is 40.2 Å². The number of para-hydroxylation sites is 1. The maximum absolute atomic E-state index is 13.9. The molecule has 0 unspecified atom stereocenters. The van der Waals surface area contributed by atoms with Gasteiger partial charge in [0.1, 0.15) is 28.8 Å². The fourth-order valence-electron chi connectivity index (χ4n) is 4.75. The van der Waals surface area contributed by atoms with Gasteiger partial charge in [-0.25, -0.2) is 4.68 Å². The van der Waals surface area contributed by atoms with Crippen molar-refractivity contribution < 1.29 is 19.1 Å². The SMILES string of the molecule is CCCOc1ccc(-c2nn(-c3ccccc3)cc2/C=C2/C(=O)N(Cc3ccc(OC)cc3)C(=O)C(C#N)=C2C)cc1Cl. The smallest absolute Gasteiger partial charge is 0.271 e. The third-order valence-corrected chi connectivity index (χ3v) is 7.35. The molecule has 3 aromatic carbocycles. The van der Waals surface area contributed by atoms with Crippen LogP contribution in [0.5, 0.6) is 11.5 Å². The molecule has 216 valence electrons. The molecule has 0 radical (unpaired) electrons. The molecule has 0 N–H and O–H groups in total. The average Bonchev–Trinajstić information content (AvgIpc) is 3.46. The Morgan fingerprint density at radius 2 is 1.77 bits per heavy atom. The first-order valence-electron chi connectivity index (χ1n) is 13.7. The van der Waals surface area contributed by atoms with E-state index in [-0.39, 0.29) is 17.7 Å². The number of carbonyl (C=O) groups is 2. The summed E-state index contributed by atoms with van der Waals surface area (Å²) in [5.74, 6) is 0.0917. The Labute approximate surface area is 255 Å². The molecule has 1 aliphatic rings. The molecule has 0 spiro atoms. The van der Waals surface area contributed by atoms with Crippen LogP contribution in [0.4, 0.5) is 0 Å². The second kappa shape index (κ2) is 12.8. The van der Waals surface area contributed by atoms with E-state index in [2.05, 4.69) is 0 Å². The van der Waals surface area contributed by atoms with Crippen molar-refractivity contribution in [1.82, 2.24) is 14.7 Å². The van der Waals surface area contributed by atoms with E-state index in [1.54, 1.807) is 61.2 Å². The topological polar surface area (TPSA) is 97.4 Å². The molecule has 0 atom stereocenters. The number of hydrogen-bond acceptors (Lipinski definition) is 6. The number of aromatic nitrogens is 2. The lowest BCUT2D eigenvalue weighted by Crippen LogP contribution is -2.42. The quantitative estimate of drug-likeness (QED) is 0.157. The number of benzene rings is 3. The molecule has 4 aromatic rings. The van der Waals surface area contributed by atoms with Gasteiger partial charge in [-0.15, -0.1) is 0 Å². The lowest BCUT2D eigenvalue weighted by atomic mass is 9.93. The van der Waals surface area contributed by atoms with E-state index in [1.165, 1.54) is 0 Å². The standard InChI is InChI=1S/C34H29ClN4O4/c1-4-16-43-31-15-12-24(18-30(31)35)32-25(21-39(37-32)26-8-6-5-7-9-26)17-28-22(2)29(19-36)34(41)38(33(28)40)20-23-10-13-27(42-3)14-11-23/h5-15,17-18,21H,4,16,20H2,1-3H3/b28-17+. The van der Waals surface area contributed by atoms with Crippen LogP contribution in [-0.2, 0) is 16.1 Å². The van der Waals surface area contributed by atoms with E-state index in [0.29, 0.717) is 45.5 Å². The van der Waals surface area contributed by atoms with E-state index in [1.807, 2.05) is 55.6 Å². The second-order valence-electron chi connectivity index (χ2n) is 9.92. The first-order chi connectivity index (χ1) is 20.8. The van der Waals surface area contributed by atoms with E-state index in [4.69, 9.17) is 26.2 Å². The van der Waals surface area contributed by atoms with Gasteiger partial charge in [0, 0.05) is 22.9 Å². The second-order valence-corrected chi connectivity index (χ2v) is 10.3. The molecule has 0 bridgehead atoms. The molecule has 9 heteroatoms. The van der Waals surface area contributed by atoms with E-state index in [0.717, 1.165) is 22.6 Å². The number of carbonyl (C=O) groups excluding carboxylic acids is 2. The summed E-state index contributed by atoms with van der Waals surface area (Å²) in [4.78, 5) is 28.2. The molecule has 0 saturated carbocycles. The average molecular weight is 593 g/mol. The van der Waals surface area contributed by atoms with Crippen molar-refractivity contribution in [1.29, 1.82) is 5.26 Å². The Balaban J connectivity index is 1.61. The monoisotopic (exact) mass is 592 g/mol. The zero-order valence-electron chi connectivity index (χ0n) is 24.0. The molecular weight excluding hydrogens is 564 g/mol. The van der Waals surface area contributed by atoms with Crippen molar-refractivity contribution in [3.63, 3.8) is 0 Å². The Kier molecular flexibility index (Phi) is 8.74. The highest BCUT2D eigenvalue weighted by molar-refractivity contribution is 6.32. The highest BCUT2D eigenvalue weighted by atomic mass is 35.5. The highest BCUT2D eigenvalue weighted by Gasteiger charge is 2.35. The summed E-state index contributed by atoms with van der Waals surface area (Å²) >= 11 is 6.57. The number of rotatable bonds is 9. The summed E-state index contributed by atoms with van der Waals surface area (Å²) in [6, 6.07) is 24.1. The molecule has 43 heavy (non-hydrogen) atoms. The lowest BCUT2D eigenvalue weighted by Gasteiger charge is -2.27. The van der Waals surface area contributed by atoms with Crippen LogP contribution in [0.15, 0.2) is 95.7 Å². The van der Waals surface area contributed by atoms with Gasteiger partial charge in [0.05, 0.1) is 31.0 Å². The summed E-state index contributed by atoms with van der Waals surface area (Å²) in [7, 11) is 1.56. The summed E-state index contributed by atoms with van der Waals surface area (Å²) in [6.07, 6.45) is 4.34. The number of hydrogen-bond donors (Lipinski definition) is 0. The van der Waals surface area contributed by atoms with Gasteiger partial charge in [0.2, 0.25) is 0 Å². The summed E-state index contributed by atoms with van der Waals surface area (Å²) in [5, 5.41) is 15.2. The van der Waals surface area contributed by atoms with Crippen LogP contribution < -0.4 is 9.47 Å². The minimum absolute atomic E-state index is 0.00241. The van der Waals surface area contributed by atoms with Crippen molar-refractivity contribution in [2.24, 2.45) is 0 Å². The Morgan fingerprint density at radius 1 is 1.02 bits per heavy atom. The van der Waals surface area contributed by atoms with Crippen molar-refractivity contribution >= 4 is 29.5 Å². The molecule has 8 nitrogen and oxygen atoms in total. The van der Waals surface area contributed by atoms with E-state index in [9.17, 15) is 14.9 Å². The predicted octanol–water partition coefficient (Wildman–Crippen LogP) is 6.78. The van der Waals surface area contributed by atoms with Crippen molar-refractivity contribution in [2.45, 2.75) is 26.8 Å². The molecule has 2 heterocycles. The predicted molar refractivity (Wildman–Crippen MR) is 165 cm³/mol. The van der Waals surface area contributed by atoms with Crippen molar-refractivity contribution in [3.05, 3.63) is 112 Å². The molecule has 1 aromatic heterocycles. The minimum Gasteiger partial charge on any atom is -0.497 e. The lowest BCUT2D eigenvalue weighted by molar-refractivity contribution is -0.141. The Bertz CT molecular complexity index is 1780. The third kappa shape index (κ3) is 6.08. The van der Waals surface area contributed by atoms with Gasteiger partial charge in [-0.1, -0.05) is 48.9 Å². The summed E-state index contributed by atoms with van der Waals surface area (Å²) < 4.78 is 12.7. The van der Waals surface area contributed by atoms with Gasteiger partial charge < -0.3 is 9.47 Å². The maximum atomic E-state index is 13.9. The van der Waals surface area contributed by atoms with Gasteiger partial charge in [0.15, 0.2) is 0 Å². The van der Waals surface area contributed by atoms with Crippen LogP contribution >= 0.6 is 11.6 Å². The number of amides is 2. The summed E-state index contributed by atoms with van der Waals surface area (Å²) in [6.45, 7) is 4.18. The van der Waals surface area contributed by atoms with Crippen molar-refractivity contribution in [3.8, 4) is 34.5 Å². The number of ether oxygens (including phenoxy) is 2. The molecule has 1 aliphatic heterocycles. The zero-order valence-corrected chi connectivity index (χ0v) is 24.8. The first kappa shape index (κ1) is 29.4. The fourth-order valence-corrected chi connectivity index (χ4v) is 4.98. The number of halogens is 1. The van der Waals surface area contributed by atoms with Gasteiger partial charge in [-0.3, -0.25) is 14.5 Å². The molecule has 0 saturated heterocycles. The normalized spacial score (nSPS) is 14.3. The molecule has 0 fully saturated rings. The van der Waals surface area contributed by atoms with Crippen LogP contribution in [0.3, 0.4) is 0 Å². The minimum atomic E-state index is -0.632. The van der Waals surface area contributed by atoms with Gasteiger partial charge >= 0.3 is 0 Å². The Hall–Kier alpha value is -5.13. The highest BCUT2D eigenvalue weighted by Crippen LogP contribution is 2.35. The summed E-state index contributed by atoms with van der Waals surface area (Å²) in [5.41, 5.74) is 3.88. The number of nitrogens with zero attached hydrogens (tertiary/aromatic N) is 4. The van der Waals surface area contributed by atoms with Gasteiger partial charge in [-0.05, 0) is 73.0 Å². The third-order valence-electron chi connectivity index (χ3n) is 7.06. The van der Waals surface area contributed by atoms with Crippen LogP contribution in [0.2, 0.25) is 5.02 Å². The van der Waals surface area contributed by atoms with Crippen LogP contribution in [0, 0.1) is 11.3 Å². The van der Waals surface area contributed by atoms with Gasteiger partial charge in [-0.2, -0.15) is 10.4 Å². The Morgan fingerprint density at radius 3 is 2.42 bits per heavy atom. The largest absolute Gasteiger partial charge is 0.497 e. The van der Waals surface area contributed by atoms with Crippen LogP contribution in [0.25, 0.3) is 23.0 Å². The van der Waals surface area contributed by atoms with Crippen molar-refractivity contribution in [2.75, 3.05) is 13.7 Å². The van der Waals surface area contributed by atoms with E-state index < -0.39 is 11.8 Å². The number of nitriles is 1. The first-order valence-corrected chi connectivity index (χ1v) is 14.1. The fraction of sp³-hybridized carbons (Fsp3) is 0.176. The maximum Gasteiger partial charge on any atom is 0.271 e. The van der Waals surface area contributed by atoms with Crippen LogP contribution in [0.1, 0.15) is 31.4 Å². The number of imide groups is 1.